The zero-order chi connectivity index (χ0) is 15.0. The van der Waals surface area contributed by atoms with Gasteiger partial charge in [0.2, 0.25) is 0 Å². The van der Waals surface area contributed by atoms with Gasteiger partial charge in [-0.2, -0.15) is 5.10 Å². The highest BCUT2D eigenvalue weighted by Crippen LogP contribution is 2.38. The minimum Gasteiger partial charge on any atom is -0.316 e. The zero-order valence-corrected chi connectivity index (χ0v) is 13.6. The van der Waals surface area contributed by atoms with Gasteiger partial charge < -0.3 is 5.32 Å². The van der Waals surface area contributed by atoms with Crippen molar-refractivity contribution in [1.82, 2.24) is 15.1 Å². The molecule has 1 aromatic carbocycles. The fraction of sp³-hybridized carbons (Fsp3) is 0.471. The Balaban J connectivity index is 1.84. The quantitative estimate of drug-likeness (QED) is 0.918. The van der Waals surface area contributed by atoms with E-state index in [9.17, 15) is 0 Å². The maximum Gasteiger partial charge on any atom is 0.0847 e. The monoisotopic (exact) mass is 303 g/mol. The van der Waals surface area contributed by atoms with Crippen LogP contribution in [-0.2, 0) is 19.4 Å². The normalized spacial score (nSPS) is 18.2. The van der Waals surface area contributed by atoms with Crippen LogP contribution in [0, 0.1) is 6.92 Å². The Labute approximate surface area is 131 Å². The molecule has 1 heterocycles. The van der Waals surface area contributed by atoms with E-state index in [4.69, 9.17) is 11.6 Å². The smallest absolute Gasteiger partial charge is 0.0847 e. The molecule has 21 heavy (non-hydrogen) atoms. The lowest BCUT2D eigenvalue weighted by Gasteiger charge is -2.36. The summed E-state index contributed by atoms with van der Waals surface area (Å²) in [5, 5.41) is 8.83. The zero-order valence-electron chi connectivity index (χ0n) is 12.9. The molecule has 1 aliphatic rings. The molecule has 0 fully saturated rings. The Morgan fingerprint density at radius 3 is 2.86 bits per heavy atom. The molecule has 1 N–H and O–H groups in total. The molecule has 112 valence electrons. The molecular formula is C17H22ClN3. The molecule has 0 bridgehead atoms. The van der Waals surface area contributed by atoms with Crippen LogP contribution in [0.5, 0.6) is 0 Å². The number of likely N-dealkylation sites (N-methyl/N-ethyl adjacent to an activating group) is 1. The van der Waals surface area contributed by atoms with Crippen LogP contribution in [-0.4, -0.2) is 22.9 Å². The van der Waals surface area contributed by atoms with Crippen molar-refractivity contribution in [3.8, 4) is 0 Å². The Kier molecular flexibility index (Phi) is 4.05. The van der Waals surface area contributed by atoms with Crippen LogP contribution in [0.15, 0.2) is 24.3 Å². The Hall–Kier alpha value is -1.32. The largest absolute Gasteiger partial charge is 0.316 e. The van der Waals surface area contributed by atoms with E-state index in [1.165, 1.54) is 11.1 Å². The van der Waals surface area contributed by atoms with Gasteiger partial charge in [0, 0.05) is 24.9 Å². The van der Waals surface area contributed by atoms with Gasteiger partial charge in [-0.1, -0.05) is 35.9 Å². The second-order valence-corrected chi connectivity index (χ2v) is 6.15. The lowest BCUT2D eigenvalue weighted by Crippen LogP contribution is -2.40. The molecule has 0 spiro atoms. The van der Waals surface area contributed by atoms with Crippen LogP contribution in [0.25, 0.3) is 0 Å². The second kappa shape index (κ2) is 5.82. The third kappa shape index (κ3) is 2.49. The number of hydrogen-bond acceptors (Lipinski definition) is 2. The van der Waals surface area contributed by atoms with Gasteiger partial charge in [-0.3, -0.25) is 4.68 Å². The highest BCUT2D eigenvalue weighted by molar-refractivity contribution is 6.31. The van der Waals surface area contributed by atoms with E-state index in [2.05, 4.69) is 41.6 Å². The van der Waals surface area contributed by atoms with Crippen molar-refractivity contribution in [2.45, 2.75) is 45.2 Å². The number of hydrogen-bond donors (Lipinski definition) is 1. The standard InChI is InChI=1S/C17H22ClN3/c1-4-21-16(17(18)11(2)20-21)10-15(19-3)14-9-12-7-5-6-8-13(12)14/h5-8,14-15,19H,4,9-10H2,1-3H3. The summed E-state index contributed by atoms with van der Waals surface area (Å²) in [6, 6.07) is 9.13. The summed E-state index contributed by atoms with van der Waals surface area (Å²) in [5.41, 5.74) is 5.04. The summed E-state index contributed by atoms with van der Waals surface area (Å²) in [5.74, 6) is 0.572. The lowest BCUT2D eigenvalue weighted by molar-refractivity contribution is 0.411. The van der Waals surface area contributed by atoms with E-state index in [-0.39, 0.29) is 0 Å². The highest BCUT2D eigenvalue weighted by Gasteiger charge is 2.33. The molecule has 0 amide bonds. The van der Waals surface area contributed by atoms with E-state index in [1.807, 2.05) is 18.7 Å². The van der Waals surface area contributed by atoms with E-state index in [0.29, 0.717) is 12.0 Å². The molecule has 2 atom stereocenters. The van der Waals surface area contributed by atoms with E-state index in [0.717, 1.165) is 35.8 Å². The first-order chi connectivity index (χ1) is 10.2. The van der Waals surface area contributed by atoms with Crippen LogP contribution >= 0.6 is 11.6 Å². The maximum atomic E-state index is 6.45. The summed E-state index contributed by atoms with van der Waals surface area (Å²) in [7, 11) is 2.04. The predicted octanol–water partition coefficient (Wildman–Crippen LogP) is 3.34. The minimum atomic E-state index is 0.402. The van der Waals surface area contributed by atoms with Crippen molar-refractivity contribution in [2.24, 2.45) is 0 Å². The van der Waals surface area contributed by atoms with Crippen LogP contribution in [0.4, 0.5) is 0 Å². The fourth-order valence-electron chi connectivity index (χ4n) is 3.37. The number of nitrogens with one attached hydrogen (secondary N) is 1. The number of rotatable bonds is 5. The summed E-state index contributed by atoms with van der Waals surface area (Å²) < 4.78 is 2.03. The molecular weight excluding hydrogens is 282 g/mol. The number of nitrogens with zero attached hydrogens (tertiary/aromatic N) is 2. The number of benzene rings is 1. The Bertz CT molecular complexity index is 647. The third-order valence-electron chi connectivity index (χ3n) is 4.62. The van der Waals surface area contributed by atoms with Crippen LogP contribution < -0.4 is 5.32 Å². The van der Waals surface area contributed by atoms with Crippen molar-refractivity contribution < 1.29 is 0 Å². The number of aromatic nitrogens is 2. The molecule has 0 saturated heterocycles. The van der Waals surface area contributed by atoms with Gasteiger partial charge in [0.15, 0.2) is 0 Å². The summed E-state index contributed by atoms with van der Waals surface area (Å²) >= 11 is 6.45. The first-order valence-corrected chi connectivity index (χ1v) is 8.00. The fourth-order valence-corrected chi connectivity index (χ4v) is 3.59. The molecule has 1 aliphatic carbocycles. The van der Waals surface area contributed by atoms with Gasteiger partial charge in [-0.15, -0.1) is 0 Å². The van der Waals surface area contributed by atoms with Crippen LogP contribution in [0.1, 0.15) is 35.4 Å². The SMILES string of the molecule is CCn1nc(C)c(Cl)c1CC(NC)C1Cc2ccccc21. The second-order valence-electron chi connectivity index (χ2n) is 5.77. The Morgan fingerprint density at radius 1 is 1.43 bits per heavy atom. The molecule has 2 unspecified atom stereocenters. The average molecular weight is 304 g/mol. The molecule has 3 nitrogen and oxygen atoms in total. The first-order valence-electron chi connectivity index (χ1n) is 7.62. The van der Waals surface area contributed by atoms with Gasteiger partial charge in [-0.05, 0) is 38.4 Å². The average Bonchev–Trinajstić information content (AvgIpc) is 2.74. The molecule has 0 radical (unpaired) electrons. The first kappa shape index (κ1) is 14.6. The topological polar surface area (TPSA) is 29.9 Å². The predicted molar refractivity (Wildman–Crippen MR) is 87.1 cm³/mol. The third-order valence-corrected chi connectivity index (χ3v) is 5.11. The minimum absolute atomic E-state index is 0.402. The van der Waals surface area contributed by atoms with Crippen molar-refractivity contribution in [2.75, 3.05) is 7.05 Å². The molecule has 4 heteroatoms. The highest BCUT2D eigenvalue weighted by atomic mass is 35.5. The molecule has 0 saturated carbocycles. The van der Waals surface area contributed by atoms with E-state index in [1.54, 1.807) is 0 Å². The van der Waals surface area contributed by atoms with E-state index < -0.39 is 0 Å². The van der Waals surface area contributed by atoms with E-state index >= 15 is 0 Å². The van der Waals surface area contributed by atoms with Crippen molar-refractivity contribution in [3.05, 3.63) is 51.8 Å². The Morgan fingerprint density at radius 2 is 2.19 bits per heavy atom. The summed E-state index contributed by atoms with van der Waals surface area (Å²) in [6.07, 6.45) is 2.07. The van der Waals surface area contributed by atoms with Crippen molar-refractivity contribution in [3.63, 3.8) is 0 Å². The van der Waals surface area contributed by atoms with Crippen LogP contribution in [0.2, 0.25) is 5.02 Å². The van der Waals surface area contributed by atoms with Crippen molar-refractivity contribution in [1.29, 1.82) is 0 Å². The number of aryl methyl sites for hydroxylation is 2. The van der Waals surface area contributed by atoms with Gasteiger partial charge >= 0.3 is 0 Å². The van der Waals surface area contributed by atoms with Crippen molar-refractivity contribution >= 4 is 11.6 Å². The number of fused-ring (bicyclic) bond motifs is 1. The lowest BCUT2D eigenvalue weighted by atomic mass is 9.72. The molecule has 0 aliphatic heterocycles. The maximum absolute atomic E-state index is 6.45. The van der Waals surface area contributed by atoms with Gasteiger partial charge in [0.05, 0.1) is 16.4 Å². The van der Waals surface area contributed by atoms with Gasteiger partial charge in [0.1, 0.15) is 0 Å². The molecule has 1 aromatic heterocycles. The summed E-state index contributed by atoms with van der Waals surface area (Å²) in [6.45, 7) is 4.95. The molecule has 3 rings (SSSR count). The van der Waals surface area contributed by atoms with Gasteiger partial charge in [0.25, 0.3) is 0 Å². The van der Waals surface area contributed by atoms with Crippen LogP contribution in [0.3, 0.4) is 0 Å². The molecule has 2 aromatic rings. The summed E-state index contributed by atoms with van der Waals surface area (Å²) in [4.78, 5) is 0. The van der Waals surface area contributed by atoms with Gasteiger partial charge in [-0.25, -0.2) is 0 Å². The number of halogens is 1.